The third kappa shape index (κ3) is 5.56. The van der Waals surface area contributed by atoms with Gasteiger partial charge in [-0.05, 0) is 37.1 Å². The Morgan fingerprint density at radius 1 is 1.14 bits per heavy atom. The molecular formula is C20H24N4O5. The first-order valence-corrected chi connectivity index (χ1v) is 9.48. The standard InChI is InChI=1S/C20H24N4O5/c1-28-16-8-6-14(7-9-16)20(27)21-12-19(26)29-13-18(25)23-17-10-11-22-24(17)15-4-2-3-5-15/h6-11,15H,2-5,12-13H2,1H3,(H,21,27)(H,23,25). The van der Waals surface area contributed by atoms with E-state index < -0.39 is 24.4 Å². The van der Waals surface area contributed by atoms with E-state index >= 15 is 0 Å². The molecule has 1 aromatic heterocycles. The van der Waals surface area contributed by atoms with Gasteiger partial charge in [-0.3, -0.25) is 14.4 Å². The van der Waals surface area contributed by atoms with Crippen molar-refractivity contribution in [3.8, 4) is 5.75 Å². The SMILES string of the molecule is COc1ccc(C(=O)NCC(=O)OCC(=O)Nc2ccnn2C2CCCC2)cc1. The minimum atomic E-state index is -0.702. The average molecular weight is 400 g/mol. The lowest BCUT2D eigenvalue weighted by atomic mass is 10.2. The van der Waals surface area contributed by atoms with Crippen molar-refractivity contribution in [3.05, 3.63) is 42.1 Å². The van der Waals surface area contributed by atoms with Gasteiger partial charge in [0.05, 0.1) is 19.3 Å². The smallest absolute Gasteiger partial charge is 0.325 e. The molecule has 0 unspecified atom stereocenters. The third-order valence-corrected chi connectivity index (χ3v) is 4.72. The van der Waals surface area contributed by atoms with Crippen LogP contribution in [-0.4, -0.2) is 47.8 Å². The molecule has 3 rings (SSSR count). The quantitative estimate of drug-likeness (QED) is 0.655. The molecule has 1 aliphatic carbocycles. The van der Waals surface area contributed by atoms with Crippen LogP contribution in [0.3, 0.4) is 0 Å². The number of nitrogens with zero attached hydrogens (tertiary/aromatic N) is 2. The Balaban J connectivity index is 1.40. The molecule has 0 bridgehead atoms. The summed E-state index contributed by atoms with van der Waals surface area (Å²) < 4.78 is 11.8. The first-order valence-electron chi connectivity index (χ1n) is 9.48. The van der Waals surface area contributed by atoms with Crippen molar-refractivity contribution in [2.24, 2.45) is 0 Å². The molecule has 2 aromatic rings. The summed E-state index contributed by atoms with van der Waals surface area (Å²) in [7, 11) is 1.53. The van der Waals surface area contributed by atoms with Crippen LogP contribution in [0.15, 0.2) is 36.5 Å². The van der Waals surface area contributed by atoms with Gasteiger partial charge in [-0.1, -0.05) is 12.8 Å². The molecule has 0 saturated heterocycles. The molecule has 1 aliphatic rings. The van der Waals surface area contributed by atoms with Crippen LogP contribution in [-0.2, 0) is 14.3 Å². The van der Waals surface area contributed by atoms with E-state index in [1.54, 1.807) is 36.5 Å². The number of methoxy groups -OCH3 is 1. The second-order valence-corrected chi connectivity index (χ2v) is 6.72. The largest absolute Gasteiger partial charge is 0.497 e. The Hall–Kier alpha value is -3.36. The van der Waals surface area contributed by atoms with Gasteiger partial charge in [-0.25, -0.2) is 4.68 Å². The summed E-state index contributed by atoms with van der Waals surface area (Å²) in [6, 6.07) is 8.46. The first kappa shape index (κ1) is 20.4. The zero-order valence-electron chi connectivity index (χ0n) is 16.2. The molecule has 1 fully saturated rings. The Kier molecular flexibility index (Phi) is 6.83. The number of rotatable bonds is 8. The van der Waals surface area contributed by atoms with E-state index in [4.69, 9.17) is 9.47 Å². The van der Waals surface area contributed by atoms with Crippen molar-refractivity contribution in [1.82, 2.24) is 15.1 Å². The van der Waals surface area contributed by atoms with E-state index in [0.29, 0.717) is 17.1 Å². The normalized spacial score (nSPS) is 13.7. The summed E-state index contributed by atoms with van der Waals surface area (Å²) in [6.07, 6.45) is 6.01. The van der Waals surface area contributed by atoms with Crippen LogP contribution in [0.1, 0.15) is 42.1 Å². The maximum atomic E-state index is 12.1. The van der Waals surface area contributed by atoms with Crippen LogP contribution >= 0.6 is 0 Å². The number of amides is 2. The number of carbonyl (C=O) groups excluding carboxylic acids is 3. The van der Waals surface area contributed by atoms with E-state index in [9.17, 15) is 14.4 Å². The van der Waals surface area contributed by atoms with Crippen LogP contribution in [0.4, 0.5) is 5.82 Å². The van der Waals surface area contributed by atoms with Crippen molar-refractivity contribution >= 4 is 23.6 Å². The van der Waals surface area contributed by atoms with Gasteiger partial charge < -0.3 is 20.1 Å². The number of esters is 1. The molecule has 2 amide bonds. The Labute approximate surface area is 168 Å². The summed E-state index contributed by atoms with van der Waals surface area (Å²) in [5.41, 5.74) is 0.386. The predicted molar refractivity (Wildman–Crippen MR) is 105 cm³/mol. The number of nitrogens with one attached hydrogen (secondary N) is 2. The average Bonchev–Trinajstić information content (AvgIpc) is 3.42. The van der Waals surface area contributed by atoms with E-state index in [1.165, 1.54) is 7.11 Å². The zero-order chi connectivity index (χ0) is 20.6. The number of ether oxygens (including phenoxy) is 2. The van der Waals surface area contributed by atoms with Crippen LogP contribution < -0.4 is 15.4 Å². The van der Waals surface area contributed by atoms with Crippen LogP contribution in [0.2, 0.25) is 0 Å². The molecule has 1 aromatic carbocycles. The van der Waals surface area contributed by atoms with Gasteiger partial charge in [0.25, 0.3) is 11.8 Å². The van der Waals surface area contributed by atoms with E-state index in [0.717, 1.165) is 25.7 Å². The minimum Gasteiger partial charge on any atom is -0.497 e. The molecular weight excluding hydrogens is 376 g/mol. The molecule has 154 valence electrons. The third-order valence-electron chi connectivity index (χ3n) is 4.72. The van der Waals surface area contributed by atoms with E-state index in [-0.39, 0.29) is 12.6 Å². The van der Waals surface area contributed by atoms with E-state index in [2.05, 4.69) is 15.7 Å². The molecule has 1 heterocycles. The minimum absolute atomic E-state index is 0.288. The highest BCUT2D eigenvalue weighted by molar-refractivity contribution is 5.96. The molecule has 0 aliphatic heterocycles. The molecule has 0 atom stereocenters. The molecule has 1 saturated carbocycles. The number of hydrogen-bond acceptors (Lipinski definition) is 6. The van der Waals surface area contributed by atoms with Crippen molar-refractivity contribution in [3.63, 3.8) is 0 Å². The lowest BCUT2D eigenvalue weighted by molar-refractivity contribution is -0.146. The second-order valence-electron chi connectivity index (χ2n) is 6.72. The van der Waals surface area contributed by atoms with Gasteiger partial charge >= 0.3 is 5.97 Å². The first-order chi connectivity index (χ1) is 14.1. The highest BCUT2D eigenvalue weighted by Gasteiger charge is 2.20. The van der Waals surface area contributed by atoms with Crippen LogP contribution in [0.25, 0.3) is 0 Å². The molecule has 0 radical (unpaired) electrons. The highest BCUT2D eigenvalue weighted by atomic mass is 16.5. The molecule has 2 N–H and O–H groups in total. The predicted octanol–water partition coefficient (Wildman–Crippen LogP) is 1.92. The number of aromatic nitrogens is 2. The zero-order valence-corrected chi connectivity index (χ0v) is 16.2. The van der Waals surface area contributed by atoms with Crippen molar-refractivity contribution in [2.75, 3.05) is 25.6 Å². The second kappa shape index (κ2) is 9.72. The van der Waals surface area contributed by atoms with Gasteiger partial charge in [-0.15, -0.1) is 0 Å². The summed E-state index contributed by atoms with van der Waals surface area (Å²) in [5.74, 6) is -0.368. The maximum Gasteiger partial charge on any atom is 0.325 e. The fourth-order valence-corrected chi connectivity index (χ4v) is 3.23. The molecule has 29 heavy (non-hydrogen) atoms. The van der Waals surface area contributed by atoms with E-state index in [1.807, 2.05) is 4.68 Å². The Morgan fingerprint density at radius 2 is 1.86 bits per heavy atom. The van der Waals surface area contributed by atoms with Crippen molar-refractivity contribution in [2.45, 2.75) is 31.7 Å². The lowest BCUT2D eigenvalue weighted by Crippen LogP contribution is -2.32. The summed E-state index contributed by atoms with van der Waals surface area (Å²) in [5, 5.41) is 9.43. The van der Waals surface area contributed by atoms with Gasteiger partial charge in [0.15, 0.2) is 6.61 Å². The van der Waals surface area contributed by atoms with Gasteiger partial charge in [0.1, 0.15) is 18.1 Å². The summed E-state index contributed by atoms with van der Waals surface area (Å²) >= 11 is 0. The van der Waals surface area contributed by atoms with Gasteiger partial charge in [0.2, 0.25) is 0 Å². The molecule has 0 spiro atoms. The number of carbonyl (C=O) groups is 3. The molecule has 9 heteroatoms. The number of anilines is 1. The summed E-state index contributed by atoms with van der Waals surface area (Å²) in [6.45, 7) is -0.773. The maximum absolute atomic E-state index is 12.1. The number of hydrogen-bond donors (Lipinski definition) is 2. The lowest BCUT2D eigenvalue weighted by Gasteiger charge is -2.14. The van der Waals surface area contributed by atoms with Crippen LogP contribution in [0, 0.1) is 0 Å². The van der Waals surface area contributed by atoms with Crippen molar-refractivity contribution < 1.29 is 23.9 Å². The van der Waals surface area contributed by atoms with Gasteiger partial charge in [-0.2, -0.15) is 5.10 Å². The summed E-state index contributed by atoms with van der Waals surface area (Å²) in [4.78, 5) is 35.9. The topological polar surface area (TPSA) is 112 Å². The monoisotopic (exact) mass is 400 g/mol. The fraction of sp³-hybridized carbons (Fsp3) is 0.400. The van der Waals surface area contributed by atoms with Gasteiger partial charge in [0, 0.05) is 11.6 Å². The molecule has 9 nitrogen and oxygen atoms in total. The van der Waals surface area contributed by atoms with Crippen molar-refractivity contribution in [1.29, 1.82) is 0 Å². The Bertz CT molecular complexity index is 856. The Morgan fingerprint density at radius 3 is 2.55 bits per heavy atom. The fourth-order valence-electron chi connectivity index (χ4n) is 3.23. The highest BCUT2D eigenvalue weighted by Crippen LogP contribution is 2.31. The van der Waals surface area contributed by atoms with Crippen LogP contribution in [0.5, 0.6) is 5.75 Å². The number of benzene rings is 1.